The van der Waals surface area contributed by atoms with Crippen molar-refractivity contribution in [2.24, 2.45) is 0 Å². The highest BCUT2D eigenvalue weighted by molar-refractivity contribution is 5.76. The maximum atomic E-state index is 13.0. The summed E-state index contributed by atoms with van der Waals surface area (Å²) < 4.78 is 11.3. The highest BCUT2D eigenvalue weighted by Crippen LogP contribution is 2.23. The summed E-state index contributed by atoms with van der Waals surface area (Å²) in [7, 11) is 0. The number of aliphatic hydroxyl groups is 5. The van der Waals surface area contributed by atoms with Crippen LogP contribution in [0.1, 0.15) is 251 Å². The van der Waals surface area contributed by atoms with Crippen molar-refractivity contribution in [2.45, 2.75) is 294 Å². The standard InChI is InChI=1S/C51H99NO8/c1-3-5-7-9-11-13-15-17-18-19-20-21-22-23-24-25-26-27-29-31-33-35-37-39-41-47(55)52-44(43-59-51-50(58)49(57)48(56)46(42-53)60-51)45(54)40-38-36-34-32-30-28-16-14-12-10-8-6-4-2/h23-24,44-46,48-51,53-54,56-58H,3-22,25-43H2,1-2H3,(H,52,55)/b24-23-. The van der Waals surface area contributed by atoms with Gasteiger partial charge >= 0.3 is 0 Å². The van der Waals surface area contributed by atoms with Crippen LogP contribution in [0.25, 0.3) is 0 Å². The minimum absolute atomic E-state index is 0.136. The van der Waals surface area contributed by atoms with E-state index < -0.39 is 49.5 Å². The van der Waals surface area contributed by atoms with Crippen molar-refractivity contribution < 1.29 is 39.8 Å². The topological polar surface area (TPSA) is 149 Å². The van der Waals surface area contributed by atoms with Crippen molar-refractivity contribution in [3.63, 3.8) is 0 Å². The van der Waals surface area contributed by atoms with Crippen LogP contribution in [0.4, 0.5) is 0 Å². The third-order valence-electron chi connectivity index (χ3n) is 12.6. The summed E-state index contributed by atoms with van der Waals surface area (Å²) in [5.41, 5.74) is 0. The summed E-state index contributed by atoms with van der Waals surface area (Å²) in [6, 6.07) is -0.716. The molecule has 1 amide bonds. The highest BCUT2D eigenvalue weighted by atomic mass is 16.7. The van der Waals surface area contributed by atoms with Gasteiger partial charge in [0, 0.05) is 6.42 Å². The molecule has 356 valence electrons. The lowest BCUT2D eigenvalue weighted by molar-refractivity contribution is -0.302. The second kappa shape index (κ2) is 41.9. The molecule has 1 fully saturated rings. The van der Waals surface area contributed by atoms with Gasteiger partial charge in [0.05, 0.1) is 25.4 Å². The van der Waals surface area contributed by atoms with Crippen LogP contribution in [0.2, 0.25) is 0 Å². The SMILES string of the molecule is CCCCCCCCCCCCCC/C=C\CCCCCCCCCCC(=O)NC(COC1OC(CO)C(O)C(O)C1O)C(O)CCCCCCCCCCCCCCC. The first-order valence-corrected chi connectivity index (χ1v) is 25.9. The summed E-state index contributed by atoms with van der Waals surface area (Å²) in [4.78, 5) is 13.0. The fourth-order valence-electron chi connectivity index (χ4n) is 8.45. The van der Waals surface area contributed by atoms with Crippen LogP contribution in [0.15, 0.2) is 12.2 Å². The predicted molar refractivity (Wildman–Crippen MR) is 249 cm³/mol. The van der Waals surface area contributed by atoms with E-state index >= 15 is 0 Å². The third-order valence-corrected chi connectivity index (χ3v) is 12.6. The molecule has 1 heterocycles. The monoisotopic (exact) mass is 854 g/mol. The van der Waals surface area contributed by atoms with Crippen molar-refractivity contribution in [3.8, 4) is 0 Å². The molecule has 0 radical (unpaired) electrons. The Kier molecular flexibility index (Phi) is 39.8. The number of amides is 1. The Labute approximate surface area is 369 Å². The van der Waals surface area contributed by atoms with Crippen molar-refractivity contribution in [3.05, 3.63) is 12.2 Å². The van der Waals surface area contributed by atoms with Gasteiger partial charge in [0.2, 0.25) is 5.91 Å². The van der Waals surface area contributed by atoms with Crippen LogP contribution in [-0.4, -0.2) is 87.5 Å². The number of carbonyl (C=O) groups is 1. The molecule has 0 aliphatic carbocycles. The number of unbranched alkanes of at least 4 members (excludes halogenated alkanes) is 32. The lowest BCUT2D eigenvalue weighted by Gasteiger charge is -2.40. The van der Waals surface area contributed by atoms with Crippen LogP contribution in [0.5, 0.6) is 0 Å². The van der Waals surface area contributed by atoms with E-state index in [1.165, 1.54) is 186 Å². The average molecular weight is 854 g/mol. The first kappa shape index (κ1) is 56.9. The number of aliphatic hydroxyl groups excluding tert-OH is 5. The van der Waals surface area contributed by atoms with E-state index in [2.05, 4.69) is 31.3 Å². The van der Waals surface area contributed by atoms with E-state index in [1.807, 2.05) is 0 Å². The molecule has 1 aliphatic heterocycles. The molecule has 6 N–H and O–H groups in total. The maximum absolute atomic E-state index is 13.0. The van der Waals surface area contributed by atoms with Crippen LogP contribution < -0.4 is 5.32 Å². The minimum Gasteiger partial charge on any atom is -0.394 e. The summed E-state index contributed by atoms with van der Waals surface area (Å²) >= 11 is 0. The predicted octanol–water partition coefficient (Wildman–Crippen LogP) is 11.7. The Morgan fingerprint density at radius 3 is 1.35 bits per heavy atom. The second-order valence-corrected chi connectivity index (χ2v) is 18.3. The van der Waals surface area contributed by atoms with E-state index in [-0.39, 0.29) is 12.5 Å². The van der Waals surface area contributed by atoms with E-state index in [4.69, 9.17) is 9.47 Å². The first-order valence-electron chi connectivity index (χ1n) is 25.9. The summed E-state index contributed by atoms with van der Waals surface area (Å²) in [6.07, 6.45) is 42.3. The molecule has 0 spiro atoms. The number of rotatable bonds is 44. The van der Waals surface area contributed by atoms with E-state index in [0.29, 0.717) is 12.8 Å². The molecule has 0 aromatic heterocycles. The lowest BCUT2D eigenvalue weighted by atomic mass is 9.99. The quantitative estimate of drug-likeness (QED) is 0.0262. The van der Waals surface area contributed by atoms with Gasteiger partial charge in [-0.2, -0.15) is 0 Å². The Hall–Kier alpha value is -1.07. The first-order chi connectivity index (χ1) is 29.3. The molecular formula is C51H99NO8. The van der Waals surface area contributed by atoms with Gasteiger partial charge in [0.15, 0.2) is 6.29 Å². The zero-order valence-electron chi connectivity index (χ0n) is 39.2. The molecule has 1 aliphatic rings. The van der Waals surface area contributed by atoms with Gasteiger partial charge in [-0.3, -0.25) is 4.79 Å². The van der Waals surface area contributed by atoms with E-state index in [0.717, 1.165) is 38.5 Å². The van der Waals surface area contributed by atoms with Gasteiger partial charge in [-0.15, -0.1) is 0 Å². The fraction of sp³-hybridized carbons (Fsp3) is 0.941. The fourth-order valence-corrected chi connectivity index (χ4v) is 8.45. The van der Waals surface area contributed by atoms with Crippen molar-refractivity contribution in [1.82, 2.24) is 5.32 Å². The normalized spacial score (nSPS) is 20.6. The number of hydrogen-bond donors (Lipinski definition) is 6. The molecule has 7 atom stereocenters. The average Bonchev–Trinajstić information content (AvgIpc) is 3.25. The second-order valence-electron chi connectivity index (χ2n) is 18.3. The van der Waals surface area contributed by atoms with Gasteiger partial charge in [-0.05, 0) is 38.5 Å². The molecular weight excluding hydrogens is 755 g/mol. The van der Waals surface area contributed by atoms with Gasteiger partial charge in [0.25, 0.3) is 0 Å². The third kappa shape index (κ3) is 31.7. The van der Waals surface area contributed by atoms with Gasteiger partial charge in [-0.25, -0.2) is 0 Å². The summed E-state index contributed by atoms with van der Waals surface area (Å²) in [6.45, 7) is 3.85. The molecule has 0 bridgehead atoms. The molecule has 60 heavy (non-hydrogen) atoms. The Morgan fingerprint density at radius 1 is 0.550 bits per heavy atom. The van der Waals surface area contributed by atoms with Crippen LogP contribution in [0, 0.1) is 0 Å². The van der Waals surface area contributed by atoms with E-state index in [9.17, 15) is 30.3 Å². The van der Waals surface area contributed by atoms with Crippen molar-refractivity contribution >= 4 is 5.91 Å². The summed E-state index contributed by atoms with van der Waals surface area (Å²) in [5, 5.41) is 54.4. The molecule has 0 saturated carbocycles. The summed E-state index contributed by atoms with van der Waals surface area (Å²) in [5.74, 6) is -0.145. The number of allylic oxidation sites excluding steroid dienone is 2. The molecule has 1 rings (SSSR count). The van der Waals surface area contributed by atoms with Crippen LogP contribution in [0.3, 0.4) is 0 Å². The van der Waals surface area contributed by atoms with Crippen molar-refractivity contribution in [2.75, 3.05) is 13.2 Å². The minimum atomic E-state index is -1.55. The van der Waals surface area contributed by atoms with Crippen LogP contribution in [-0.2, 0) is 14.3 Å². The van der Waals surface area contributed by atoms with Gasteiger partial charge in [-0.1, -0.05) is 219 Å². The van der Waals surface area contributed by atoms with Gasteiger partial charge < -0.3 is 40.3 Å². The highest BCUT2D eigenvalue weighted by Gasteiger charge is 2.44. The number of hydrogen-bond acceptors (Lipinski definition) is 8. The molecule has 0 aromatic rings. The molecule has 0 aromatic carbocycles. The maximum Gasteiger partial charge on any atom is 0.220 e. The number of nitrogens with one attached hydrogen (secondary N) is 1. The van der Waals surface area contributed by atoms with Crippen LogP contribution >= 0.6 is 0 Å². The molecule has 9 heteroatoms. The Bertz CT molecular complexity index is 950. The lowest BCUT2D eigenvalue weighted by Crippen LogP contribution is -2.60. The van der Waals surface area contributed by atoms with Crippen molar-refractivity contribution in [1.29, 1.82) is 0 Å². The molecule has 1 saturated heterocycles. The molecule has 7 unspecified atom stereocenters. The smallest absolute Gasteiger partial charge is 0.220 e. The molecule has 9 nitrogen and oxygen atoms in total. The van der Waals surface area contributed by atoms with E-state index in [1.54, 1.807) is 0 Å². The Balaban J connectivity index is 2.22. The number of carbonyl (C=O) groups excluding carboxylic acids is 1. The zero-order chi connectivity index (χ0) is 43.7. The zero-order valence-corrected chi connectivity index (χ0v) is 39.2. The van der Waals surface area contributed by atoms with Gasteiger partial charge in [0.1, 0.15) is 24.4 Å². The largest absolute Gasteiger partial charge is 0.394 e. The Morgan fingerprint density at radius 2 is 0.933 bits per heavy atom. The number of ether oxygens (including phenoxy) is 2.